The molecule has 1 aromatic carbocycles. The lowest BCUT2D eigenvalue weighted by Crippen LogP contribution is -2.32. The molecular formula is C16H24N2O. The summed E-state index contributed by atoms with van der Waals surface area (Å²) in [4.78, 5) is 13.5. The number of rotatable bonds is 4. The Morgan fingerprint density at radius 2 is 2.00 bits per heavy atom. The lowest BCUT2D eigenvalue weighted by Gasteiger charge is -2.30. The second kappa shape index (κ2) is 6.71. The van der Waals surface area contributed by atoms with Gasteiger partial charge in [0.15, 0.2) is 0 Å². The zero-order chi connectivity index (χ0) is 13.7. The minimum absolute atomic E-state index is 0.0235. The first-order chi connectivity index (χ1) is 9.13. The SMILES string of the molecule is CC(=O)NCc1cccc(CN2CCC(C)CC2)c1. The molecule has 0 aliphatic carbocycles. The standard InChI is InChI=1S/C16H24N2O/c1-13-6-8-18(9-7-13)12-16-5-3-4-15(10-16)11-17-14(2)19/h3-5,10,13H,6-9,11-12H2,1-2H3,(H,17,19). The maximum absolute atomic E-state index is 10.9. The third kappa shape index (κ3) is 4.67. The molecule has 0 spiro atoms. The Morgan fingerprint density at radius 3 is 2.68 bits per heavy atom. The van der Waals surface area contributed by atoms with Crippen LogP contribution in [0.3, 0.4) is 0 Å². The first-order valence-electron chi connectivity index (χ1n) is 7.18. The van der Waals surface area contributed by atoms with Gasteiger partial charge in [-0.05, 0) is 43.0 Å². The van der Waals surface area contributed by atoms with E-state index in [1.165, 1.54) is 37.1 Å². The van der Waals surface area contributed by atoms with Gasteiger partial charge in [-0.15, -0.1) is 0 Å². The highest BCUT2D eigenvalue weighted by atomic mass is 16.1. The van der Waals surface area contributed by atoms with Gasteiger partial charge in [-0.25, -0.2) is 0 Å². The van der Waals surface area contributed by atoms with Gasteiger partial charge < -0.3 is 5.32 Å². The summed E-state index contributed by atoms with van der Waals surface area (Å²) < 4.78 is 0. The first kappa shape index (κ1) is 14.1. The van der Waals surface area contributed by atoms with Crippen LogP contribution in [0.2, 0.25) is 0 Å². The van der Waals surface area contributed by atoms with Crippen LogP contribution >= 0.6 is 0 Å². The molecule has 1 aromatic rings. The van der Waals surface area contributed by atoms with E-state index < -0.39 is 0 Å². The molecule has 1 aliphatic rings. The smallest absolute Gasteiger partial charge is 0.217 e. The monoisotopic (exact) mass is 260 g/mol. The number of nitrogens with one attached hydrogen (secondary N) is 1. The van der Waals surface area contributed by atoms with Crippen molar-refractivity contribution >= 4 is 5.91 Å². The molecule has 0 aromatic heterocycles. The maximum atomic E-state index is 10.9. The molecule has 1 amide bonds. The quantitative estimate of drug-likeness (QED) is 0.902. The number of nitrogens with zero attached hydrogens (tertiary/aromatic N) is 1. The normalized spacial score (nSPS) is 17.4. The number of amides is 1. The molecule has 1 fully saturated rings. The van der Waals surface area contributed by atoms with Crippen LogP contribution in [0.5, 0.6) is 0 Å². The molecule has 2 rings (SSSR count). The summed E-state index contributed by atoms with van der Waals surface area (Å²) in [5, 5.41) is 2.85. The molecule has 0 atom stereocenters. The molecule has 1 saturated heterocycles. The van der Waals surface area contributed by atoms with Gasteiger partial charge in [-0.2, -0.15) is 0 Å². The van der Waals surface area contributed by atoms with Gasteiger partial charge in [-0.3, -0.25) is 9.69 Å². The molecule has 104 valence electrons. The molecule has 3 nitrogen and oxygen atoms in total. The summed E-state index contributed by atoms with van der Waals surface area (Å²) in [5.74, 6) is 0.901. The third-order valence-corrected chi connectivity index (χ3v) is 3.82. The molecule has 0 unspecified atom stereocenters. The van der Waals surface area contributed by atoms with Gasteiger partial charge >= 0.3 is 0 Å². The van der Waals surface area contributed by atoms with Crippen molar-refractivity contribution in [3.05, 3.63) is 35.4 Å². The minimum atomic E-state index is 0.0235. The highest BCUT2D eigenvalue weighted by molar-refractivity contribution is 5.72. The zero-order valence-electron chi connectivity index (χ0n) is 12.0. The molecule has 1 aliphatic heterocycles. The lowest BCUT2D eigenvalue weighted by atomic mass is 9.98. The van der Waals surface area contributed by atoms with Gasteiger partial charge in [0.05, 0.1) is 0 Å². The van der Waals surface area contributed by atoms with E-state index in [9.17, 15) is 4.79 Å². The summed E-state index contributed by atoms with van der Waals surface area (Å²) in [6, 6.07) is 8.53. The lowest BCUT2D eigenvalue weighted by molar-refractivity contribution is -0.119. The van der Waals surface area contributed by atoms with E-state index in [-0.39, 0.29) is 5.91 Å². The predicted molar refractivity (Wildman–Crippen MR) is 77.6 cm³/mol. The number of carbonyl (C=O) groups excluding carboxylic acids is 1. The van der Waals surface area contributed by atoms with Crippen molar-refractivity contribution in [2.75, 3.05) is 13.1 Å². The Balaban J connectivity index is 1.89. The van der Waals surface area contributed by atoms with Crippen molar-refractivity contribution in [1.82, 2.24) is 10.2 Å². The topological polar surface area (TPSA) is 32.3 Å². The highest BCUT2D eigenvalue weighted by Gasteiger charge is 2.15. The van der Waals surface area contributed by atoms with E-state index in [2.05, 4.69) is 41.4 Å². The van der Waals surface area contributed by atoms with Crippen LogP contribution in [0.15, 0.2) is 24.3 Å². The summed E-state index contributed by atoms with van der Waals surface area (Å²) >= 11 is 0. The second-order valence-electron chi connectivity index (χ2n) is 5.69. The Morgan fingerprint density at radius 1 is 1.32 bits per heavy atom. The fourth-order valence-corrected chi connectivity index (χ4v) is 2.54. The van der Waals surface area contributed by atoms with Gasteiger partial charge in [-0.1, -0.05) is 31.2 Å². The van der Waals surface area contributed by atoms with Crippen LogP contribution in [0.25, 0.3) is 0 Å². The van der Waals surface area contributed by atoms with E-state index >= 15 is 0 Å². The van der Waals surface area contributed by atoms with Crippen molar-refractivity contribution in [3.63, 3.8) is 0 Å². The number of carbonyl (C=O) groups is 1. The molecule has 1 N–H and O–H groups in total. The average molecular weight is 260 g/mol. The van der Waals surface area contributed by atoms with E-state index in [1.54, 1.807) is 6.92 Å². The Hall–Kier alpha value is -1.35. The summed E-state index contributed by atoms with van der Waals surface area (Å²) in [5.41, 5.74) is 2.52. The number of likely N-dealkylation sites (tertiary alicyclic amines) is 1. The molecule has 0 radical (unpaired) electrons. The number of piperidine rings is 1. The average Bonchev–Trinajstić information content (AvgIpc) is 2.40. The fourth-order valence-electron chi connectivity index (χ4n) is 2.54. The van der Waals surface area contributed by atoms with Crippen molar-refractivity contribution < 1.29 is 4.79 Å². The summed E-state index contributed by atoms with van der Waals surface area (Å²) in [6.07, 6.45) is 2.62. The van der Waals surface area contributed by atoms with Crippen molar-refractivity contribution in [1.29, 1.82) is 0 Å². The van der Waals surface area contributed by atoms with Gasteiger partial charge in [0.1, 0.15) is 0 Å². The molecule has 3 heteroatoms. The molecule has 0 saturated carbocycles. The largest absolute Gasteiger partial charge is 0.352 e. The Labute approximate surface area is 116 Å². The Kier molecular flexibility index (Phi) is 4.97. The zero-order valence-corrected chi connectivity index (χ0v) is 12.0. The summed E-state index contributed by atoms with van der Waals surface area (Å²) in [7, 11) is 0. The molecular weight excluding hydrogens is 236 g/mol. The van der Waals surface area contributed by atoms with Crippen molar-refractivity contribution in [3.8, 4) is 0 Å². The second-order valence-corrected chi connectivity index (χ2v) is 5.69. The number of hydrogen-bond donors (Lipinski definition) is 1. The predicted octanol–water partition coefficient (Wildman–Crippen LogP) is 2.55. The van der Waals surface area contributed by atoms with E-state index in [4.69, 9.17) is 0 Å². The first-order valence-corrected chi connectivity index (χ1v) is 7.18. The van der Waals surface area contributed by atoms with Gasteiger partial charge in [0.25, 0.3) is 0 Å². The molecule has 1 heterocycles. The van der Waals surface area contributed by atoms with E-state index in [1.807, 2.05) is 0 Å². The fraction of sp³-hybridized carbons (Fsp3) is 0.562. The third-order valence-electron chi connectivity index (χ3n) is 3.82. The van der Waals surface area contributed by atoms with Crippen LogP contribution in [0.1, 0.15) is 37.8 Å². The van der Waals surface area contributed by atoms with Crippen LogP contribution in [-0.2, 0) is 17.9 Å². The molecule has 0 bridgehead atoms. The summed E-state index contributed by atoms with van der Waals surface area (Å²) in [6.45, 7) is 7.96. The van der Waals surface area contributed by atoms with Crippen molar-refractivity contribution in [2.24, 2.45) is 5.92 Å². The Bertz CT molecular complexity index is 423. The van der Waals surface area contributed by atoms with Gasteiger partial charge in [0.2, 0.25) is 5.91 Å². The minimum Gasteiger partial charge on any atom is -0.352 e. The van der Waals surface area contributed by atoms with Crippen LogP contribution < -0.4 is 5.32 Å². The molecule has 19 heavy (non-hydrogen) atoms. The number of hydrogen-bond acceptors (Lipinski definition) is 2. The highest BCUT2D eigenvalue weighted by Crippen LogP contribution is 2.18. The van der Waals surface area contributed by atoms with E-state index in [0.717, 1.165) is 12.5 Å². The van der Waals surface area contributed by atoms with Gasteiger partial charge in [0, 0.05) is 20.0 Å². The van der Waals surface area contributed by atoms with Crippen LogP contribution in [-0.4, -0.2) is 23.9 Å². The van der Waals surface area contributed by atoms with Crippen LogP contribution in [0.4, 0.5) is 0 Å². The van der Waals surface area contributed by atoms with E-state index in [0.29, 0.717) is 6.54 Å². The maximum Gasteiger partial charge on any atom is 0.217 e. The number of benzene rings is 1. The van der Waals surface area contributed by atoms with Crippen LogP contribution in [0, 0.1) is 5.92 Å². The van der Waals surface area contributed by atoms with Crippen molar-refractivity contribution in [2.45, 2.75) is 39.8 Å².